The largest absolute Gasteiger partial charge is 0.480 e. The van der Waals surface area contributed by atoms with E-state index in [0.717, 1.165) is 0 Å². The minimum Gasteiger partial charge on any atom is -0.480 e. The van der Waals surface area contributed by atoms with Gasteiger partial charge in [0.1, 0.15) is 12.1 Å². The standard InChI is InChI=1S/C11H21N3O5S/c1-6(12)9(16)14-8(5-15)10(17)13-7(11(18)19)3-4-20-2/h6-8,15H,3-5,12H2,1-2H3,(H,13,17)(H,14,16)(H,18,19)/t6-,7-,8-/m0/s1. The van der Waals surface area contributed by atoms with Crippen LogP contribution in [0.25, 0.3) is 0 Å². The minimum absolute atomic E-state index is 0.252. The Balaban J connectivity index is 4.58. The number of thioether (sulfide) groups is 1. The number of carboxylic acids is 1. The number of hydrogen-bond acceptors (Lipinski definition) is 6. The van der Waals surface area contributed by atoms with Gasteiger partial charge in [-0.05, 0) is 25.4 Å². The van der Waals surface area contributed by atoms with Crippen molar-refractivity contribution < 1.29 is 24.6 Å². The molecule has 0 heterocycles. The number of rotatable bonds is 9. The molecule has 0 aromatic carbocycles. The first-order chi connectivity index (χ1) is 9.33. The monoisotopic (exact) mass is 307 g/mol. The first kappa shape index (κ1) is 18.7. The van der Waals surface area contributed by atoms with Gasteiger partial charge in [0.05, 0.1) is 12.6 Å². The Bertz CT molecular complexity index is 351. The van der Waals surface area contributed by atoms with E-state index >= 15 is 0 Å². The van der Waals surface area contributed by atoms with E-state index in [-0.39, 0.29) is 6.42 Å². The molecule has 8 nitrogen and oxygen atoms in total. The predicted octanol–water partition coefficient (Wildman–Crippen LogP) is -1.87. The number of aliphatic hydroxyl groups excluding tert-OH is 1. The van der Waals surface area contributed by atoms with Gasteiger partial charge in [0.15, 0.2) is 0 Å². The average molecular weight is 307 g/mol. The van der Waals surface area contributed by atoms with E-state index in [1.54, 1.807) is 0 Å². The molecule has 0 spiro atoms. The summed E-state index contributed by atoms with van der Waals surface area (Å²) in [7, 11) is 0. The molecule has 3 atom stereocenters. The third kappa shape index (κ3) is 6.73. The number of nitrogens with two attached hydrogens (primary N) is 1. The number of nitrogens with one attached hydrogen (secondary N) is 2. The van der Waals surface area contributed by atoms with Crippen LogP contribution < -0.4 is 16.4 Å². The average Bonchev–Trinajstić information content (AvgIpc) is 2.39. The molecule has 0 bridgehead atoms. The van der Waals surface area contributed by atoms with Crippen molar-refractivity contribution in [2.45, 2.75) is 31.5 Å². The fourth-order valence-electron chi connectivity index (χ4n) is 1.26. The van der Waals surface area contributed by atoms with Crippen LogP contribution in [0.2, 0.25) is 0 Å². The zero-order valence-electron chi connectivity index (χ0n) is 11.5. The lowest BCUT2D eigenvalue weighted by Crippen LogP contribution is -2.55. The molecule has 0 aliphatic rings. The minimum atomic E-state index is -1.22. The fraction of sp³-hybridized carbons (Fsp3) is 0.727. The predicted molar refractivity (Wildman–Crippen MR) is 75.2 cm³/mol. The van der Waals surface area contributed by atoms with Crippen molar-refractivity contribution in [1.29, 1.82) is 0 Å². The number of carbonyl (C=O) groups excluding carboxylic acids is 2. The van der Waals surface area contributed by atoms with Crippen LogP contribution in [0.5, 0.6) is 0 Å². The van der Waals surface area contributed by atoms with Crippen molar-refractivity contribution in [3.05, 3.63) is 0 Å². The topological polar surface area (TPSA) is 142 Å². The summed E-state index contributed by atoms with van der Waals surface area (Å²) in [4.78, 5) is 34.2. The Hall–Kier alpha value is -1.32. The highest BCUT2D eigenvalue weighted by molar-refractivity contribution is 7.98. The second-order valence-corrected chi connectivity index (χ2v) is 5.20. The summed E-state index contributed by atoms with van der Waals surface area (Å²) in [6.07, 6.45) is 2.07. The van der Waals surface area contributed by atoms with Crippen LogP contribution in [0.1, 0.15) is 13.3 Å². The number of carboxylic acid groups (broad SMARTS) is 1. The van der Waals surface area contributed by atoms with Crippen molar-refractivity contribution in [3.63, 3.8) is 0 Å². The van der Waals surface area contributed by atoms with Crippen LogP contribution >= 0.6 is 11.8 Å². The van der Waals surface area contributed by atoms with E-state index in [1.807, 2.05) is 6.26 Å². The number of aliphatic hydroxyl groups is 1. The molecule has 9 heteroatoms. The van der Waals surface area contributed by atoms with Gasteiger partial charge in [-0.15, -0.1) is 0 Å². The summed E-state index contributed by atoms with van der Waals surface area (Å²) < 4.78 is 0. The van der Waals surface area contributed by atoms with E-state index in [2.05, 4.69) is 10.6 Å². The summed E-state index contributed by atoms with van der Waals surface area (Å²) >= 11 is 1.45. The molecule has 0 fully saturated rings. The highest BCUT2D eigenvalue weighted by Crippen LogP contribution is 2.01. The highest BCUT2D eigenvalue weighted by Gasteiger charge is 2.26. The number of amides is 2. The summed E-state index contributed by atoms with van der Waals surface area (Å²) in [5.74, 6) is -1.96. The molecule has 0 saturated carbocycles. The van der Waals surface area contributed by atoms with Gasteiger partial charge < -0.3 is 26.6 Å². The van der Waals surface area contributed by atoms with Gasteiger partial charge in [-0.3, -0.25) is 9.59 Å². The van der Waals surface area contributed by atoms with Gasteiger partial charge in [0, 0.05) is 0 Å². The lowest BCUT2D eigenvalue weighted by molar-refractivity contribution is -0.142. The molecule has 0 rings (SSSR count). The number of hydrogen-bond donors (Lipinski definition) is 5. The van der Waals surface area contributed by atoms with Gasteiger partial charge in [-0.25, -0.2) is 4.79 Å². The normalized spacial score (nSPS) is 15.0. The fourth-order valence-corrected chi connectivity index (χ4v) is 1.73. The lowest BCUT2D eigenvalue weighted by Gasteiger charge is -2.20. The Morgan fingerprint density at radius 3 is 2.15 bits per heavy atom. The molecule has 2 amide bonds. The Morgan fingerprint density at radius 2 is 1.75 bits per heavy atom. The van der Waals surface area contributed by atoms with Gasteiger partial charge in [-0.2, -0.15) is 11.8 Å². The number of aliphatic carboxylic acids is 1. The molecule has 0 aromatic heterocycles. The van der Waals surface area contributed by atoms with Crippen molar-refractivity contribution in [2.75, 3.05) is 18.6 Å². The van der Waals surface area contributed by atoms with Crippen molar-refractivity contribution >= 4 is 29.5 Å². The first-order valence-electron chi connectivity index (χ1n) is 6.02. The summed E-state index contributed by atoms with van der Waals surface area (Å²) in [5, 5.41) is 22.6. The summed E-state index contributed by atoms with van der Waals surface area (Å²) in [6.45, 7) is 0.791. The highest BCUT2D eigenvalue weighted by atomic mass is 32.2. The molecule has 0 aliphatic carbocycles. The SMILES string of the molecule is CSCC[C@H](NC(=O)[C@H](CO)NC(=O)[C@H](C)N)C(=O)O. The van der Waals surface area contributed by atoms with Crippen molar-refractivity contribution in [3.8, 4) is 0 Å². The molecule has 20 heavy (non-hydrogen) atoms. The molecule has 0 saturated heterocycles. The second kappa shape index (κ2) is 9.56. The van der Waals surface area contributed by atoms with E-state index < -0.39 is 42.5 Å². The number of carbonyl (C=O) groups is 3. The van der Waals surface area contributed by atoms with E-state index in [0.29, 0.717) is 5.75 Å². The van der Waals surface area contributed by atoms with Crippen LogP contribution in [0.3, 0.4) is 0 Å². The van der Waals surface area contributed by atoms with Crippen LogP contribution in [-0.2, 0) is 14.4 Å². The lowest BCUT2D eigenvalue weighted by atomic mass is 10.2. The van der Waals surface area contributed by atoms with Gasteiger partial charge in [-0.1, -0.05) is 0 Å². The Kier molecular flexibility index (Phi) is 8.93. The molecule has 0 aromatic rings. The smallest absolute Gasteiger partial charge is 0.326 e. The van der Waals surface area contributed by atoms with Crippen molar-refractivity contribution in [1.82, 2.24) is 10.6 Å². The first-order valence-corrected chi connectivity index (χ1v) is 7.41. The van der Waals surface area contributed by atoms with Crippen LogP contribution in [0.15, 0.2) is 0 Å². The summed E-state index contributed by atoms with van der Waals surface area (Å²) in [6, 6.07) is -3.11. The molecule has 116 valence electrons. The van der Waals surface area contributed by atoms with Crippen molar-refractivity contribution in [2.24, 2.45) is 5.73 Å². The summed E-state index contributed by atoms with van der Waals surface area (Å²) in [5.41, 5.74) is 5.33. The second-order valence-electron chi connectivity index (χ2n) is 4.21. The van der Waals surface area contributed by atoms with Gasteiger partial charge >= 0.3 is 5.97 Å². The third-order valence-corrected chi connectivity index (χ3v) is 3.10. The third-order valence-electron chi connectivity index (χ3n) is 2.45. The maximum atomic E-state index is 11.8. The molecule has 0 aliphatic heterocycles. The maximum Gasteiger partial charge on any atom is 0.326 e. The zero-order chi connectivity index (χ0) is 15.7. The van der Waals surface area contributed by atoms with E-state index in [1.165, 1.54) is 18.7 Å². The van der Waals surface area contributed by atoms with Gasteiger partial charge in [0.25, 0.3) is 0 Å². The zero-order valence-corrected chi connectivity index (χ0v) is 12.3. The van der Waals surface area contributed by atoms with Crippen LogP contribution in [0, 0.1) is 0 Å². The van der Waals surface area contributed by atoms with E-state index in [9.17, 15) is 14.4 Å². The molecule has 0 unspecified atom stereocenters. The quantitative estimate of drug-likeness (QED) is 0.336. The Morgan fingerprint density at radius 1 is 1.20 bits per heavy atom. The maximum absolute atomic E-state index is 11.8. The Labute approximate surface area is 121 Å². The van der Waals surface area contributed by atoms with E-state index in [4.69, 9.17) is 15.9 Å². The molecule has 0 radical (unpaired) electrons. The molecular formula is C11H21N3O5S. The van der Waals surface area contributed by atoms with Crippen LogP contribution in [-0.4, -0.2) is 64.7 Å². The van der Waals surface area contributed by atoms with Crippen LogP contribution in [0.4, 0.5) is 0 Å². The molecular weight excluding hydrogens is 286 g/mol. The van der Waals surface area contributed by atoms with Gasteiger partial charge in [0.2, 0.25) is 11.8 Å². The molecule has 6 N–H and O–H groups in total.